The Morgan fingerprint density at radius 1 is 0.778 bits per heavy atom. The molecule has 2 nitrogen and oxygen atoms in total. The number of hydrogen-bond acceptors (Lipinski definition) is 5. The maximum Gasteiger partial charge on any atom is 0.186 e. The highest BCUT2D eigenvalue weighted by Gasteiger charge is 2.07. The minimum Gasteiger partial charge on any atom is -0.288 e. The molecule has 0 atom stereocenters. The average Bonchev–Trinajstić information content (AvgIpc) is 3.19. The summed E-state index contributed by atoms with van der Waals surface area (Å²) in [6.45, 7) is 3.18. The van der Waals surface area contributed by atoms with Gasteiger partial charge in [-0.3, -0.25) is 9.59 Å². The molecule has 0 amide bonds. The van der Waals surface area contributed by atoms with Crippen LogP contribution < -0.4 is 0 Å². The standard InChI is InChI=1S/C22H20O2S3/c1-15(23)26-13-17-10-18(14-27-16(2)24)12-21(11-17)19-5-7-20(8-6-19)22-4-3-9-25-22/h3-12H,13-14H2,1-2H3. The number of benzene rings is 2. The van der Waals surface area contributed by atoms with E-state index in [2.05, 4.69) is 60.0 Å². The van der Waals surface area contributed by atoms with Gasteiger partial charge < -0.3 is 0 Å². The third-order valence-electron chi connectivity index (χ3n) is 3.96. The number of rotatable bonds is 6. The van der Waals surface area contributed by atoms with Crippen LogP contribution in [0.1, 0.15) is 25.0 Å². The van der Waals surface area contributed by atoms with Crippen molar-refractivity contribution in [2.24, 2.45) is 0 Å². The molecular weight excluding hydrogens is 392 g/mol. The van der Waals surface area contributed by atoms with E-state index in [0.717, 1.165) is 22.3 Å². The van der Waals surface area contributed by atoms with Gasteiger partial charge in [0.25, 0.3) is 0 Å². The molecule has 0 aliphatic heterocycles. The van der Waals surface area contributed by atoms with E-state index < -0.39 is 0 Å². The maximum atomic E-state index is 11.3. The van der Waals surface area contributed by atoms with Crippen molar-refractivity contribution >= 4 is 45.1 Å². The first kappa shape index (κ1) is 19.9. The second kappa shape index (κ2) is 9.40. The van der Waals surface area contributed by atoms with Crippen molar-refractivity contribution in [3.63, 3.8) is 0 Å². The summed E-state index contributed by atoms with van der Waals surface area (Å²) in [4.78, 5) is 23.9. The molecule has 0 spiro atoms. The number of thioether (sulfide) groups is 2. The fourth-order valence-electron chi connectivity index (χ4n) is 2.74. The van der Waals surface area contributed by atoms with Gasteiger partial charge in [0.05, 0.1) is 0 Å². The van der Waals surface area contributed by atoms with E-state index in [1.807, 2.05) is 0 Å². The normalized spacial score (nSPS) is 10.7. The lowest BCUT2D eigenvalue weighted by Gasteiger charge is -2.10. The van der Waals surface area contributed by atoms with Crippen LogP contribution in [0, 0.1) is 0 Å². The highest BCUT2D eigenvalue weighted by atomic mass is 32.2. The van der Waals surface area contributed by atoms with Crippen molar-refractivity contribution in [3.05, 3.63) is 71.1 Å². The fraction of sp³-hybridized carbons (Fsp3) is 0.182. The molecule has 0 fully saturated rings. The molecule has 1 aromatic heterocycles. The molecule has 0 unspecified atom stereocenters. The Morgan fingerprint density at radius 3 is 1.81 bits per heavy atom. The summed E-state index contributed by atoms with van der Waals surface area (Å²) >= 11 is 4.35. The largest absolute Gasteiger partial charge is 0.288 e. The predicted octanol–water partition coefficient (Wildman–Crippen LogP) is 6.64. The van der Waals surface area contributed by atoms with E-state index in [1.54, 1.807) is 25.2 Å². The summed E-state index contributed by atoms with van der Waals surface area (Å²) in [5.74, 6) is 1.29. The first-order valence-electron chi connectivity index (χ1n) is 8.55. The second-order valence-electron chi connectivity index (χ2n) is 6.15. The van der Waals surface area contributed by atoms with E-state index >= 15 is 0 Å². The summed E-state index contributed by atoms with van der Waals surface area (Å²) in [5.41, 5.74) is 5.68. The zero-order chi connectivity index (χ0) is 19.2. The van der Waals surface area contributed by atoms with Gasteiger partial charge in [-0.2, -0.15) is 0 Å². The molecule has 2 aromatic carbocycles. The molecule has 0 saturated carbocycles. The Labute approximate surface area is 172 Å². The third-order valence-corrected chi connectivity index (χ3v) is 6.65. The molecule has 3 aromatic rings. The van der Waals surface area contributed by atoms with E-state index in [-0.39, 0.29) is 10.2 Å². The lowest BCUT2D eigenvalue weighted by Crippen LogP contribution is -1.92. The van der Waals surface area contributed by atoms with Crippen LogP contribution in [0.3, 0.4) is 0 Å². The summed E-state index contributed by atoms with van der Waals surface area (Å²) < 4.78 is 0. The van der Waals surface area contributed by atoms with Crippen LogP contribution in [0.2, 0.25) is 0 Å². The molecule has 138 valence electrons. The number of thiophene rings is 1. The van der Waals surface area contributed by atoms with Gasteiger partial charge >= 0.3 is 0 Å². The van der Waals surface area contributed by atoms with Crippen LogP contribution >= 0.6 is 34.9 Å². The van der Waals surface area contributed by atoms with Crippen molar-refractivity contribution < 1.29 is 9.59 Å². The summed E-state index contributed by atoms with van der Waals surface area (Å²) in [5, 5.41) is 2.30. The Hall–Kier alpha value is -1.82. The average molecular weight is 413 g/mol. The van der Waals surface area contributed by atoms with E-state index in [0.29, 0.717) is 11.5 Å². The van der Waals surface area contributed by atoms with Crippen molar-refractivity contribution in [1.82, 2.24) is 0 Å². The van der Waals surface area contributed by atoms with Gasteiger partial charge in [-0.05, 0) is 39.3 Å². The zero-order valence-corrected chi connectivity index (χ0v) is 17.7. The lowest BCUT2D eigenvalue weighted by atomic mass is 9.99. The zero-order valence-electron chi connectivity index (χ0n) is 15.2. The molecule has 0 aliphatic rings. The topological polar surface area (TPSA) is 34.1 Å². The predicted molar refractivity (Wildman–Crippen MR) is 119 cm³/mol. The van der Waals surface area contributed by atoms with Gasteiger partial charge in [0, 0.05) is 30.2 Å². The van der Waals surface area contributed by atoms with Crippen molar-refractivity contribution in [3.8, 4) is 21.6 Å². The molecule has 27 heavy (non-hydrogen) atoms. The van der Waals surface area contributed by atoms with Gasteiger partial charge in [0.15, 0.2) is 10.2 Å². The van der Waals surface area contributed by atoms with E-state index in [1.165, 1.54) is 34.0 Å². The summed E-state index contributed by atoms with van der Waals surface area (Å²) in [6, 6.07) is 19.1. The van der Waals surface area contributed by atoms with E-state index in [4.69, 9.17) is 0 Å². The van der Waals surface area contributed by atoms with Crippen LogP contribution in [0.4, 0.5) is 0 Å². The molecule has 5 heteroatoms. The minimum atomic E-state index is 0.111. The Morgan fingerprint density at radius 2 is 1.33 bits per heavy atom. The molecule has 0 radical (unpaired) electrons. The molecule has 1 heterocycles. The SMILES string of the molecule is CC(=O)SCc1cc(CSC(C)=O)cc(-c2ccc(-c3cccs3)cc2)c1. The number of carbonyl (C=O) groups is 2. The number of carbonyl (C=O) groups excluding carboxylic acids is 2. The van der Waals surface area contributed by atoms with Crippen LogP contribution in [0.25, 0.3) is 21.6 Å². The first-order chi connectivity index (χ1) is 13.0. The Bertz CT molecular complexity index is 892. The molecule has 0 N–H and O–H groups in total. The molecule has 0 bridgehead atoms. The van der Waals surface area contributed by atoms with Gasteiger partial charge in [0.1, 0.15) is 0 Å². The number of hydrogen-bond donors (Lipinski definition) is 0. The van der Waals surface area contributed by atoms with Gasteiger partial charge in [-0.25, -0.2) is 0 Å². The summed E-state index contributed by atoms with van der Waals surface area (Å²) in [6.07, 6.45) is 0. The van der Waals surface area contributed by atoms with Crippen molar-refractivity contribution in [1.29, 1.82) is 0 Å². The molecule has 3 rings (SSSR count). The molecular formula is C22H20O2S3. The van der Waals surface area contributed by atoms with Crippen molar-refractivity contribution in [2.75, 3.05) is 0 Å². The highest BCUT2D eigenvalue weighted by Crippen LogP contribution is 2.30. The summed E-state index contributed by atoms with van der Waals surface area (Å²) in [7, 11) is 0. The smallest absolute Gasteiger partial charge is 0.186 e. The minimum absolute atomic E-state index is 0.111. The van der Waals surface area contributed by atoms with Crippen LogP contribution in [-0.2, 0) is 21.1 Å². The van der Waals surface area contributed by atoms with Gasteiger partial charge in [0.2, 0.25) is 0 Å². The molecule has 0 saturated heterocycles. The lowest BCUT2D eigenvalue weighted by molar-refractivity contribution is -0.109. The van der Waals surface area contributed by atoms with Crippen LogP contribution in [-0.4, -0.2) is 10.2 Å². The Kier molecular flexibility index (Phi) is 6.94. The Balaban J connectivity index is 1.89. The first-order valence-corrected chi connectivity index (χ1v) is 11.4. The fourth-order valence-corrected chi connectivity index (χ4v) is 4.54. The van der Waals surface area contributed by atoms with Gasteiger partial charge in [-0.15, -0.1) is 11.3 Å². The maximum absolute atomic E-state index is 11.3. The quantitative estimate of drug-likeness (QED) is 0.454. The van der Waals surface area contributed by atoms with E-state index in [9.17, 15) is 9.59 Å². The molecule has 0 aliphatic carbocycles. The second-order valence-corrected chi connectivity index (χ2v) is 9.41. The van der Waals surface area contributed by atoms with Gasteiger partial charge in [-0.1, -0.05) is 72.1 Å². The van der Waals surface area contributed by atoms with Crippen LogP contribution in [0.5, 0.6) is 0 Å². The third kappa shape index (κ3) is 5.83. The van der Waals surface area contributed by atoms with Crippen molar-refractivity contribution in [2.45, 2.75) is 25.4 Å². The van der Waals surface area contributed by atoms with Crippen LogP contribution in [0.15, 0.2) is 60.0 Å². The monoisotopic (exact) mass is 412 g/mol. The highest BCUT2D eigenvalue weighted by molar-refractivity contribution is 8.13.